The zero-order valence-corrected chi connectivity index (χ0v) is 17.3. The first-order chi connectivity index (χ1) is 11.2. The minimum atomic E-state index is 0. The summed E-state index contributed by atoms with van der Waals surface area (Å²) < 4.78 is 5.54. The SMILES string of the molecule is CN=C(NCCC1CC2CCC1C2)NCC1(CCO)CCOC1.I. The van der Waals surface area contributed by atoms with Crippen molar-refractivity contribution < 1.29 is 9.84 Å². The van der Waals surface area contributed by atoms with Crippen molar-refractivity contribution in [1.82, 2.24) is 10.6 Å². The second-order valence-corrected chi connectivity index (χ2v) is 7.85. The molecular weight excluding hydrogens is 417 g/mol. The molecule has 4 atom stereocenters. The molecule has 3 fully saturated rings. The van der Waals surface area contributed by atoms with Crippen LogP contribution < -0.4 is 10.6 Å². The zero-order chi connectivity index (χ0) is 16.1. The van der Waals surface area contributed by atoms with Crippen LogP contribution in [0.2, 0.25) is 0 Å². The lowest BCUT2D eigenvalue weighted by Crippen LogP contribution is -2.45. The summed E-state index contributed by atoms with van der Waals surface area (Å²) in [5.41, 5.74) is 0.0664. The lowest BCUT2D eigenvalue weighted by Gasteiger charge is -2.28. The van der Waals surface area contributed by atoms with Gasteiger partial charge in [-0.15, -0.1) is 24.0 Å². The molecule has 0 spiro atoms. The van der Waals surface area contributed by atoms with Gasteiger partial charge >= 0.3 is 0 Å². The Bertz CT molecular complexity index is 413. The first kappa shape index (κ1) is 20.2. The Labute approximate surface area is 163 Å². The van der Waals surface area contributed by atoms with Gasteiger partial charge in [-0.25, -0.2) is 0 Å². The molecule has 1 aliphatic heterocycles. The van der Waals surface area contributed by atoms with Crippen molar-refractivity contribution in [3.05, 3.63) is 0 Å². The highest BCUT2D eigenvalue weighted by molar-refractivity contribution is 14.0. The van der Waals surface area contributed by atoms with Crippen molar-refractivity contribution in [3.8, 4) is 0 Å². The molecule has 1 heterocycles. The Morgan fingerprint density at radius 3 is 2.75 bits per heavy atom. The Morgan fingerprint density at radius 1 is 1.29 bits per heavy atom. The first-order valence-electron chi connectivity index (χ1n) is 9.38. The van der Waals surface area contributed by atoms with Gasteiger partial charge in [0.1, 0.15) is 0 Å². The molecule has 4 unspecified atom stereocenters. The Hall–Kier alpha value is -0.0800. The number of halogens is 1. The average Bonchev–Trinajstić information content (AvgIpc) is 3.28. The minimum absolute atomic E-state index is 0. The number of aliphatic imine (C=N–C) groups is 1. The van der Waals surface area contributed by atoms with E-state index in [0.717, 1.165) is 62.9 Å². The number of aliphatic hydroxyl groups excluding tert-OH is 1. The molecule has 0 radical (unpaired) electrons. The second-order valence-electron chi connectivity index (χ2n) is 7.85. The number of nitrogens with zero attached hydrogens (tertiary/aromatic N) is 1. The lowest BCUT2D eigenvalue weighted by molar-refractivity contribution is 0.127. The van der Waals surface area contributed by atoms with Crippen LogP contribution in [0, 0.1) is 23.2 Å². The van der Waals surface area contributed by atoms with Crippen LogP contribution in [0.4, 0.5) is 0 Å². The molecular formula is C18H34IN3O2. The number of ether oxygens (including phenoxy) is 1. The first-order valence-corrected chi connectivity index (χ1v) is 9.38. The van der Waals surface area contributed by atoms with Crippen LogP contribution in [0.5, 0.6) is 0 Å². The van der Waals surface area contributed by atoms with E-state index in [1.807, 2.05) is 7.05 Å². The monoisotopic (exact) mass is 451 g/mol. The van der Waals surface area contributed by atoms with Crippen LogP contribution in [-0.4, -0.2) is 51.0 Å². The highest BCUT2D eigenvalue weighted by Crippen LogP contribution is 2.49. The Balaban J connectivity index is 0.00000208. The van der Waals surface area contributed by atoms with E-state index in [0.29, 0.717) is 0 Å². The van der Waals surface area contributed by atoms with Gasteiger partial charge < -0.3 is 20.5 Å². The third-order valence-corrected chi connectivity index (χ3v) is 6.37. The van der Waals surface area contributed by atoms with Crippen molar-refractivity contribution in [1.29, 1.82) is 0 Å². The molecule has 1 saturated heterocycles. The summed E-state index contributed by atoms with van der Waals surface area (Å²) in [6, 6.07) is 0. The maximum absolute atomic E-state index is 9.30. The summed E-state index contributed by atoms with van der Waals surface area (Å²) in [6.07, 6.45) is 8.97. The molecule has 3 N–H and O–H groups in total. The van der Waals surface area contributed by atoms with Crippen LogP contribution in [0.25, 0.3) is 0 Å². The van der Waals surface area contributed by atoms with E-state index in [9.17, 15) is 5.11 Å². The normalized spacial score (nSPS) is 35.1. The molecule has 3 rings (SSSR count). The molecule has 0 aromatic rings. The molecule has 5 nitrogen and oxygen atoms in total. The quantitative estimate of drug-likeness (QED) is 0.316. The minimum Gasteiger partial charge on any atom is -0.396 e. The number of hydrogen-bond acceptors (Lipinski definition) is 3. The van der Waals surface area contributed by atoms with Crippen molar-refractivity contribution >= 4 is 29.9 Å². The summed E-state index contributed by atoms with van der Waals surface area (Å²) >= 11 is 0. The molecule has 2 aliphatic carbocycles. The number of nitrogens with one attached hydrogen (secondary N) is 2. The highest BCUT2D eigenvalue weighted by atomic mass is 127. The third-order valence-electron chi connectivity index (χ3n) is 6.37. The van der Waals surface area contributed by atoms with Crippen LogP contribution in [-0.2, 0) is 4.74 Å². The topological polar surface area (TPSA) is 65.9 Å². The number of fused-ring (bicyclic) bond motifs is 2. The predicted octanol–water partition coefficient (Wildman–Crippen LogP) is 2.38. The van der Waals surface area contributed by atoms with Gasteiger partial charge in [0.15, 0.2) is 5.96 Å². The smallest absolute Gasteiger partial charge is 0.190 e. The summed E-state index contributed by atoms with van der Waals surface area (Å²) in [6.45, 7) is 3.60. The van der Waals surface area contributed by atoms with E-state index < -0.39 is 0 Å². The molecule has 3 aliphatic rings. The van der Waals surface area contributed by atoms with Crippen molar-refractivity contribution in [2.24, 2.45) is 28.2 Å². The fourth-order valence-electron chi connectivity index (χ4n) is 4.91. The Morgan fingerprint density at radius 2 is 2.17 bits per heavy atom. The van der Waals surface area contributed by atoms with Crippen LogP contribution in [0.1, 0.15) is 44.9 Å². The molecule has 0 aromatic carbocycles. The maximum Gasteiger partial charge on any atom is 0.190 e. The second kappa shape index (κ2) is 9.57. The molecule has 2 bridgehead atoms. The number of guanidine groups is 1. The van der Waals surface area contributed by atoms with E-state index in [1.165, 1.54) is 32.1 Å². The highest BCUT2D eigenvalue weighted by Gasteiger charge is 2.39. The molecule has 0 amide bonds. The molecule has 24 heavy (non-hydrogen) atoms. The lowest BCUT2D eigenvalue weighted by atomic mass is 9.84. The molecule has 6 heteroatoms. The fourth-order valence-corrected chi connectivity index (χ4v) is 4.91. The zero-order valence-electron chi connectivity index (χ0n) is 14.9. The van der Waals surface area contributed by atoms with E-state index in [1.54, 1.807) is 0 Å². The number of hydrogen-bond donors (Lipinski definition) is 3. The number of aliphatic hydroxyl groups is 1. The van der Waals surface area contributed by atoms with Crippen LogP contribution >= 0.6 is 24.0 Å². The van der Waals surface area contributed by atoms with Crippen LogP contribution in [0.15, 0.2) is 4.99 Å². The van der Waals surface area contributed by atoms with E-state index in [-0.39, 0.29) is 36.0 Å². The van der Waals surface area contributed by atoms with Gasteiger partial charge in [0.25, 0.3) is 0 Å². The number of rotatable bonds is 7. The summed E-state index contributed by atoms with van der Waals surface area (Å²) in [4.78, 5) is 4.34. The van der Waals surface area contributed by atoms with Gasteiger partial charge in [-0.3, -0.25) is 4.99 Å². The van der Waals surface area contributed by atoms with Crippen LogP contribution in [0.3, 0.4) is 0 Å². The summed E-state index contributed by atoms with van der Waals surface area (Å²) in [5.74, 6) is 3.85. The van der Waals surface area contributed by atoms with Gasteiger partial charge in [0.2, 0.25) is 0 Å². The van der Waals surface area contributed by atoms with Gasteiger partial charge in [-0.05, 0) is 56.3 Å². The molecule has 0 aromatic heterocycles. The summed E-state index contributed by atoms with van der Waals surface area (Å²) in [7, 11) is 1.83. The average molecular weight is 451 g/mol. The standard InChI is InChI=1S/C18H33N3O2.HI/c1-19-17(21-12-18(5-8-22)6-9-23-13-18)20-7-4-16-11-14-2-3-15(16)10-14;/h14-16,22H,2-13H2,1H3,(H2,19,20,21);1H. The van der Waals surface area contributed by atoms with Crippen molar-refractivity contribution in [3.63, 3.8) is 0 Å². The third kappa shape index (κ3) is 4.97. The van der Waals surface area contributed by atoms with E-state index in [4.69, 9.17) is 4.74 Å². The molecule has 140 valence electrons. The predicted molar refractivity (Wildman–Crippen MR) is 108 cm³/mol. The van der Waals surface area contributed by atoms with Gasteiger partial charge in [-0.2, -0.15) is 0 Å². The van der Waals surface area contributed by atoms with Gasteiger partial charge in [0.05, 0.1) is 6.61 Å². The maximum atomic E-state index is 9.30. The van der Waals surface area contributed by atoms with Crippen molar-refractivity contribution in [2.45, 2.75) is 44.9 Å². The molecule has 2 saturated carbocycles. The largest absolute Gasteiger partial charge is 0.396 e. The summed E-state index contributed by atoms with van der Waals surface area (Å²) in [5, 5.41) is 16.2. The Kier molecular flexibility index (Phi) is 8.07. The van der Waals surface area contributed by atoms with E-state index >= 15 is 0 Å². The van der Waals surface area contributed by atoms with Gasteiger partial charge in [0, 0.05) is 38.8 Å². The fraction of sp³-hybridized carbons (Fsp3) is 0.944. The van der Waals surface area contributed by atoms with E-state index in [2.05, 4.69) is 15.6 Å². The van der Waals surface area contributed by atoms with Gasteiger partial charge in [-0.1, -0.05) is 6.42 Å². The van der Waals surface area contributed by atoms with Crippen molar-refractivity contribution in [2.75, 3.05) is 40.0 Å².